The van der Waals surface area contributed by atoms with Crippen molar-refractivity contribution in [2.75, 3.05) is 0 Å². The molecule has 3 heteroatoms. The Morgan fingerprint density at radius 3 is 1.93 bits per heavy atom. The molecule has 1 heterocycles. The van der Waals surface area contributed by atoms with Crippen LogP contribution < -0.4 is 5.73 Å². The second-order valence-electron chi connectivity index (χ2n) is 3.73. The molecule has 1 aromatic heterocycles. The maximum Gasteiger partial charge on any atom is 0.250 e. The molecule has 1 aliphatic carbocycles. The van der Waals surface area contributed by atoms with Crippen LogP contribution in [0.15, 0.2) is 24.5 Å². The number of aromatic nitrogens is 1. The Labute approximate surface area is 90.7 Å². The van der Waals surface area contributed by atoms with Crippen LogP contribution in [0.2, 0.25) is 0 Å². The van der Waals surface area contributed by atoms with Gasteiger partial charge in [0.15, 0.2) is 0 Å². The average Bonchev–Trinajstić information content (AvgIpc) is 2.33. The van der Waals surface area contributed by atoms with Crippen molar-refractivity contribution in [3.05, 3.63) is 30.1 Å². The first-order valence-corrected chi connectivity index (χ1v) is 5.50. The molecular weight excluding hydrogens is 188 g/mol. The van der Waals surface area contributed by atoms with Gasteiger partial charge < -0.3 is 5.73 Å². The highest BCUT2D eigenvalue weighted by Crippen LogP contribution is 2.15. The van der Waals surface area contributed by atoms with Crippen molar-refractivity contribution in [3.63, 3.8) is 0 Å². The molecular formula is C12H18N2O. The first-order valence-electron chi connectivity index (χ1n) is 5.50. The molecule has 1 fully saturated rings. The van der Waals surface area contributed by atoms with E-state index in [0.717, 1.165) is 0 Å². The Hall–Kier alpha value is -1.38. The number of carbonyl (C=O) groups excluding carboxylic acids is 1. The predicted octanol–water partition coefficient (Wildman–Crippen LogP) is 2.52. The van der Waals surface area contributed by atoms with Crippen LogP contribution in [0.4, 0.5) is 0 Å². The Kier molecular flexibility index (Phi) is 5.44. The van der Waals surface area contributed by atoms with Gasteiger partial charge in [0, 0.05) is 12.4 Å². The maximum atomic E-state index is 10.4. The smallest absolute Gasteiger partial charge is 0.250 e. The molecule has 82 valence electrons. The minimum absolute atomic E-state index is 0.442. The second-order valence-corrected chi connectivity index (χ2v) is 3.73. The number of rotatable bonds is 1. The lowest BCUT2D eigenvalue weighted by atomic mass is 10.0. The number of nitrogens with zero attached hydrogens (tertiary/aromatic N) is 1. The van der Waals surface area contributed by atoms with Gasteiger partial charge in [-0.3, -0.25) is 9.78 Å². The van der Waals surface area contributed by atoms with Crippen LogP contribution in [0.1, 0.15) is 48.9 Å². The van der Waals surface area contributed by atoms with E-state index in [9.17, 15) is 4.79 Å². The number of hydrogen-bond acceptors (Lipinski definition) is 2. The molecule has 0 spiro atoms. The van der Waals surface area contributed by atoms with Crippen molar-refractivity contribution in [1.82, 2.24) is 4.98 Å². The summed E-state index contributed by atoms with van der Waals surface area (Å²) >= 11 is 0. The lowest BCUT2D eigenvalue weighted by molar-refractivity contribution is 0.1000. The first-order chi connectivity index (χ1) is 7.30. The fourth-order valence-corrected chi connectivity index (χ4v) is 1.57. The highest BCUT2D eigenvalue weighted by atomic mass is 16.1. The molecule has 1 saturated carbocycles. The molecule has 0 radical (unpaired) electrons. The summed E-state index contributed by atoms with van der Waals surface area (Å²) in [5, 5.41) is 0. The van der Waals surface area contributed by atoms with Crippen LogP contribution in [0.25, 0.3) is 0 Å². The van der Waals surface area contributed by atoms with Crippen molar-refractivity contribution in [1.29, 1.82) is 0 Å². The SMILES string of the molecule is C1CCCCC1.NC(=O)c1cccnc1. The number of primary amides is 1. The van der Waals surface area contributed by atoms with Gasteiger partial charge in [0.25, 0.3) is 0 Å². The summed E-state index contributed by atoms with van der Waals surface area (Å²) in [5.41, 5.74) is 5.38. The van der Waals surface area contributed by atoms with Crippen molar-refractivity contribution >= 4 is 5.91 Å². The van der Waals surface area contributed by atoms with E-state index in [1.165, 1.54) is 44.7 Å². The molecule has 2 rings (SSSR count). The van der Waals surface area contributed by atoms with E-state index in [2.05, 4.69) is 4.98 Å². The Bertz CT molecular complexity index is 269. The molecule has 3 nitrogen and oxygen atoms in total. The average molecular weight is 206 g/mol. The van der Waals surface area contributed by atoms with Gasteiger partial charge in [-0.15, -0.1) is 0 Å². The van der Waals surface area contributed by atoms with E-state index >= 15 is 0 Å². The zero-order chi connectivity index (χ0) is 10.9. The zero-order valence-electron chi connectivity index (χ0n) is 8.98. The van der Waals surface area contributed by atoms with E-state index < -0.39 is 5.91 Å². The standard InChI is InChI=1S/C6H6N2O.C6H12/c7-6(9)5-2-1-3-8-4-5;1-2-4-6-5-3-1/h1-4H,(H2,7,9);1-6H2. The number of amides is 1. The summed E-state index contributed by atoms with van der Waals surface area (Å²) < 4.78 is 0. The molecule has 0 aromatic carbocycles. The fraction of sp³-hybridized carbons (Fsp3) is 0.500. The highest BCUT2D eigenvalue weighted by Gasteiger charge is 1.95. The normalized spacial score (nSPS) is 14.9. The molecule has 2 N–H and O–H groups in total. The summed E-state index contributed by atoms with van der Waals surface area (Å²) in [7, 11) is 0. The van der Waals surface area contributed by atoms with Gasteiger partial charge in [-0.2, -0.15) is 0 Å². The molecule has 1 amide bonds. The van der Waals surface area contributed by atoms with Gasteiger partial charge in [0.1, 0.15) is 0 Å². The predicted molar refractivity (Wildman–Crippen MR) is 60.5 cm³/mol. The Morgan fingerprint density at radius 2 is 1.67 bits per heavy atom. The van der Waals surface area contributed by atoms with Gasteiger partial charge in [-0.25, -0.2) is 0 Å². The van der Waals surface area contributed by atoms with Gasteiger partial charge in [-0.05, 0) is 12.1 Å². The van der Waals surface area contributed by atoms with E-state index in [4.69, 9.17) is 5.73 Å². The first kappa shape index (κ1) is 11.7. The van der Waals surface area contributed by atoms with Crippen LogP contribution in [0.5, 0.6) is 0 Å². The van der Waals surface area contributed by atoms with E-state index in [1.54, 1.807) is 18.3 Å². The van der Waals surface area contributed by atoms with Gasteiger partial charge in [0.2, 0.25) is 5.91 Å². The molecule has 0 saturated heterocycles. The van der Waals surface area contributed by atoms with Crippen LogP contribution in [-0.4, -0.2) is 10.9 Å². The molecule has 15 heavy (non-hydrogen) atoms. The van der Waals surface area contributed by atoms with Crippen LogP contribution in [0.3, 0.4) is 0 Å². The summed E-state index contributed by atoms with van der Waals surface area (Å²) in [5.74, 6) is -0.442. The number of pyridine rings is 1. The van der Waals surface area contributed by atoms with Gasteiger partial charge in [-0.1, -0.05) is 38.5 Å². The van der Waals surface area contributed by atoms with Crippen molar-refractivity contribution < 1.29 is 4.79 Å². The third-order valence-corrected chi connectivity index (χ3v) is 2.45. The number of carbonyl (C=O) groups is 1. The van der Waals surface area contributed by atoms with Crippen LogP contribution in [0, 0.1) is 0 Å². The summed E-state index contributed by atoms with van der Waals surface area (Å²) in [6, 6.07) is 3.29. The van der Waals surface area contributed by atoms with E-state index in [1.807, 2.05) is 0 Å². The Morgan fingerprint density at radius 1 is 1.13 bits per heavy atom. The number of hydrogen-bond donors (Lipinski definition) is 1. The van der Waals surface area contributed by atoms with E-state index in [0.29, 0.717) is 5.56 Å². The largest absolute Gasteiger partial charge is 0.366 e. The summed E-state index contributed by atoms with van der Waals surface area (Å²) in [6.45, 7) is 0. The summed E-state index contributed by atoms with van der Waals surface area (Å²) in [6.07, 6.45) is 12.0. The molecule has 1 aromatic rings. The molecule has 1 aliphatic rings. The van der Waals surface area contributed by atoms with Crippen molar-refractivity contribution in [3.8, 4) is 0 Å². The second kappa shape index (κ2) is 6.98. The van der Waals surface area contributed by atoms with E-state index in [-0.39, 0.29) is 0 Å². The van der Waals surface area contributed by atoms with Crippen LogP contribution in [-0.2, 0) is 0 Å². The minimum atomic E-state index is -0.442. The number of nitrogens with two attached hydrogens (primary N) is 1. The summed E-state index contributed by atoms with van der Waals surface area (Å²) in [4.78, 5) is 14.1. The monoisotopic (exact) mass is 206 g/mol. The molecule has 0 bridgehead atoms. The third kappa shape index (κ3) is 5.15. The molecule has 0 unspecified atom stereocenters. The zero-order valence-corrected chi connectivity index (χ0v) is 8.98. The quantitative estimate of drug-likeness (QED) is 0.767. The molecule has 0 aliphatic heterocycles. The Balaban J connectivity index is 0.000000162. The topological polar surface area (TPSA) is 56.0 Å². The van der Waals surface area contributed by atoms with Crippen LogP contribution >= 0.6 is 0 Å². The lowest BCUT2D eigenvalue weighted by Gasteiger charge is -2.05. The van der Waals surface area contributed by atoms with Crippen molar-refractivity contribution in [2.24, 2.45) is 5.73 Å². The third-order valence-electron chi connectivity index (χ3n) is 2.45. The fourth-order valence-electron chi connectivity index (χ4n) is 1.57. The lowest BCUT2D eigenvalue weighted by Crippen LogP contribution is -2.10. The maximum absolute atomic E-state index is 10.4. The van der Waals surface area contributed by atoms with Gasteiger partial charge in [0.05, 0.1) is 5.56 Å². The van der Waals surface area contributed by atoms with Gasteiger partial charge >= 0.3 is 0 Å². The minimum Gasteiger partial charge on any atom is -0.366 e. The molecule has 0 atom stereocenters. The van der Waals surface area contributed by atoms with Crippen molar-refractivity contribution in [2.45, 2.75) is 38.5 Å². The highest BCUT2D eigenvalue weighted by molar-refractivity contribution is 5.92.